The summed E-state index contributed by atoms with van der Waals surface area (Å²) in [6.45, 7) is 8.20. The zero-order valence-electron chi connectivity index (χ0n) is 22.6. The fraction of sp³-hybridized carbons (Fsp3) is 0.310. The topological polar surface area (TPSA) is 119 Å². The van der Waals surface area contributed by atoms with Gasteiger partial charge >= 0.3 is 0 Å². The average Bonchev–Trinajstić information content (AvgIpc) is 3.46. The highest BCUT2D eigenvalue weighted by atomic mass is 32.1. The number of rotatable bonds is 9. The van der Waals surface area contributed by atoms with Crippen molar-refractivity contribution in [1.29, 1.82) is 0 Å². The first kappa shape index (κ1) is 27.4. The predicted molar refractivity (Wildman–Crippen MR) is 154 cm³/mol. The molecule has 1 fully saturated rings. The molecule has 0 bridgehead atoms. The quantitative estimate of drug-likeness (QED) is 0.258. The van der Waals surface area contributed by atoms with Gasteiger partial charge in [-0.15, -0.1) is 0 Å². The second-order valence-corrected chi connectivity index (χ2v) is 10.7. The van der Waals surface area contributed by atoms with Crippen LogP contribution in [0.25, 0.3) is 10.9 Å². The van der Waals surface area contributed by atoms with E-state index in [0.717, 1.165) is 5.39 Å². The number of aromatic nitrogens is 3. The molecule has 4 aromatic rings. The van der Waals surface area contributed by atoms with Crippen LogP contribution in [0.1, 0.15) is 32.3 Å². The van der Waals surface area contributed by atoms with Crippen molar-refractivity contribution in [3.05, 3.63) is 66.5 Å². The molecule has 3 heterocycles. The summed E-state index contributed by atoms with van der Waals surface area (Å²) in [4.78, 5) is 26.8. The first-order valence-electron chi connectivity index (χ1n) is 12.9. The molecule has 0 spiro atoms. The molecule has 0 aliphatic carbocycles. The van der Waals surface area contributed by atoms with Crippen LogP contribution in [0, 0.1) is 0 Å². The van der Waals surface area contributed by atoms with Crippen LogP contribution in [0.15, 0.2) is 60.9 Å². The lowest BCUT2D eigenvalue weighted by Gasteiger charge is -2.31. The van der Waals surface area contributed by atoms with E-state index in [2.05, 4.69) is 26.8 Å². The van der Waals surface area contributed by atoms with E-state index >= 15 is 0 Å². The third-order valence-corrected chi connectivity index (χ3v) is 7.31. The molecular formula is C29H31N5O5S. The number of aliphatic hydroxyl groups is 1. The second kappa shape index (κ2) is 11.5. The first-order chi connectivity index (χ1) is 19.2. The highest BCUT2D eigenvalue weighted by Crippen LogP contribution is 2.39. The standard InChI is InChI=1S/C29H31N5O5S/c1-5-26(35)34-11-8-18(9-12-34)38-25-15-20-23(16-24(25)37-4)31-17-32-27(20)33-22-7-6-19(14-21(22)29(2,3)36)39-28-30-10-13-40-28/h5-7,10,13-18,36H,1,8-9,11-12H2,2-4H3,(H,31,32,33). The molecule has 0 radical (unpaired) electrons. The molecule has 1 aliphatic rings. The number of amides is 1. The van der Waals surface area contributed by atoms with E-state index < -0.39 is 5.60 Å². The zero-order chi connectivity index (χ0) is 28.3. The molecule has 10 nitrogen and oxygen atoms in total. The Labute approximate surface area is 236 Å². The minimum Gasteiger partial charge on any atom is -0.493 e. The number of anilines is 2. The highest BCUT2D eigenvalue weighted by molar-refractivity contribution is 7.11. The molecule has 0 unspecified atom stereocenters. The minimum atomic E-state index is -1.17. The van der Waals surface area contributed by atoms with Gasteiger partial charge in [0.1, 0.15) is 24.0 Å². The smallest absolute Gasteiger partial charge is 0.278 e. The number of thiazole rings is 1. The van der Waals surface area contributed by atoms with Crippen LogP contribution in [-0.2, 0) is 10.4 Å². The second-order valence-electron chi connectivity index (χ2n) is 9.88. The molecule has 1 saturated heterocycles. The van der Waals surface area contributed by atoms with Crippen molar-refractivity contribution >= 4 is 39.7 Å². The largest absolute Gasteiger partial charge is 0.493 e. The van der Waals surface area contributed by atoms with Crippen molar-refractivity contribution in [2.45, 2.75) is 38.4 Å². The predicted octanol–water partition coefficient (Wildman–Crippen LogP) is 5.41. The molecule has 0 saturated carbocycles. The van der Waals surface area contributed by atoms with Gasteiger partial charge in [0.15, 0.2) is 11.5 Å². The summed E-state index contributed by atoms with van der Waals surface area (Å²) in [6.07, 6.45) is 5.80. The maximum absolute atomic E-state index is 11.9. The highest BCUT2D eigenvalue weighted by Gasteiger charge is 2.25. The van der Waals surface area contributed by atoms with Gasteiger partial charge in [-0.05, 0) is 44.2 Å². The molecule has 2 N–H and O–H groups in total. The number of hydrogen-bond acceptors (Lipinski definition) is 10. The van der Waals surface area contributed by atoms with Gasteiger partial charge in [0.25, 0.3) is 5.19 Å². The Bertz CT molecular complexity index is 1510. The summed E-state index contributed by atoms with van der Waals surface area (Å²) >= 11 is 1.39. The fourth-order valence-electron chi connectivity index (χ4n) is 4.61. The maximum atomic E-state index is 11.9. The van der Waals surface area contributed by atoms with Gasteiger partial charge in [0, 0.05) is 60.2 Å². The van der Waals surface area contributed by atoms with E-state index in [9.17, 15) is 9.90 Å². The monoisotopic (exact) mass is 561 g/mol. The van der Waals surface area contributed by atoms with Crippen molar-refractivity contribution in [2.24, 2.45) is 0 Å². The summed E-state index contributed by atoms with van der Waals surface area (Å²) in [7, 11) is 1.59. The van der Waals surface area contributed by atoms with E-state index in [-0.39, 0.29) is 12.0 Å². The molecule has 40 heavy (non-hydrogen) atoms. The maximum Gasteiger partial charge on any atom is 0.278 e. The lowest BCUT2D eigenvalue weighted by atomic mass is 9.96. The number of ether oxygens (including phenoxy) is 3. The first-order valence-corrected chi connectivity index (χ1v) is 13.7. The van der Waals surface area contributed by atoms with Gasteiger partial charge in [-0.3, -0.25) is 4.79 Å². The van der Waals surface area contributed by atoms with E-state index in [4.69, 9.17) is 14.2 Å². The molecule has 11 heteroatoms. The van der Waals surface area contributed by atoms with Gasteiger partial charge in [0.05, 0.1) is 18.2 Å². The van der Waals surface area contributed by atoms with Gasteiger partial charge in [0.2, 0.25) is 5.91 Å². The van der Waals surface area contributed by atoms with Crippen LogP contribution < -0.4 is 19.5 Å². The number of likely N-dealkylation sites (tertiary alicyclic amines) is 1. The van der Waals surface area contributed by atoms with Crippen molar-refractivity contribution in [1.82, 2.24) is 19.9 Å². The summed E-state index contributed by atoms with van der Waals surface area (Å²) in [5, 5.41) is 17.4. The third kappa shape index (κ3) is 6.00. The van der Waals surface area contributed by atoms with Crippen LogP contribution in [0.3, 0.4) is 0 Å². The SMILES string of the molecule is C=CC(=O)N1CCC(Oc2cc3c(Nc4ccc(Oc5nccs5)cc4C(C)(C)O)ncnc3cc2OC)CC1. The number of hydrogen-bond donors (Lipinski definition) is 2. The number of carbonyl (C=O) groups excluding carboxylic acids is 1. The Balaban J connectivity index is 1.44. The zero-order valence-corrected chi connectivity index (χ0v) is 23.4. The molecule has 5 rings (SSSR count). The number of nitrogens with one attached hydrogen (secondary N) is 1. The van der Waals surface area contributed by atoms with Crippen LogP contribution in [0.2, 0.25) is 0 Å². The lowest BCUT2D eigenvalue weighted by molar-refractivity contribution is -0.127. The third-order valence-electron chi connectivity index (χ3n) is 6.66. The number of fused-ring (bicyclic) bond motifs is 1. The Morgan fingerprint density at radius 3 is 2.65 bits per heavy atom. The van der Waals surface area contributed by atoms with Gasteiger partial charge in [-0.1, -0.05) is 17.9 Å². The van der Waals surface area contributed by atoms with E-state index in [1.54, 1.807) is 38.1 Å². The van der Waals surface area contributed by atoms with Crippen LogP contribution in [0.4, 0.5) is 11.5 Å². The van der Waals surface area contributed by atoms with Crippen LogP contribution in [-0.4, -0.2) is 57.2 Å². The number of nitrogens with zero attached hydrogens (tertiary/aromatic N) is 4. The van der Waals surface area contributed by atoms with Gasteiger partial charge in [-0.2, -0.15) is 0 Å². The Morgan fingerprint density at radius 2 is 1.98 bits per heavy atom. The normalized spacial score (nSPS) is 14.2. The number of piperidine rings is 1. The van der Waals surface area contributed by atoms with Crippen molar-refractivity contribution < 1.29 is 24.1 Å². The lowest BCUT2D eigenvalue weighted by Crippen LogP contribution is -2.41. The molecule has 2 aromatic heterocycles. The summed E-state index contributed by atoms with van der Waals surface area (Å²) in [6, 6.07) is 9.11. The summed E-state index contributed by atoms with van der Waals surface area (Å²) in [5.41, 5.74) is 0.782. The molecule has 1 amide bonds. The minimum absolute atomic E-state index is 0.0668. The Kier molecular flexibility index (Phi) is 7.85. The number of carbonyl (C=O) groups is 1. The molecule has 2 aromatic carbocycles. The molecule has 208 valence electrons. The van der Waals surface area contributed by atoms with Crippen LogP contribution in [0.5, 0.6) is 22.4 Å². The van der Waals surface area contributed by atoms with E-state index in [0.29, 0.717) is 71.0 Å². The number of methoxy groups -OCH3 is 1. The van der Waals surface area contributed by atoms with E-state index in [1.165, 1.54) is 23.7 Å². The van der Waals surface area contributed by atoms with Gasteiger partial charge < -0.3 is 29.5 Å². The number of benzene rings is 2. The molecular weight excluding hydrogens is 530 g/mol. The molecule has 1 aliphatic heterocycles. The van der Waals surface area contributed by atoms with Gasteiger partial charge in [-0.25, -0.2) is 15.0 Å². The average molecular weight is 562 g/mol. The van der Waals surface area contributed by atoms with Crippen LogP contribution >= 0.6 is 11.3 Å². The summed E-state index contributed by atoms with van der Waals surface area (Å²) in [5.74, 6) is 2.16. The summed E-state index contributed by atoms with van der Waals surface area (Å²) < 4.78 is 17.8. The Hall–Kier alpha value is -4.22. The van der Waals surface area contributed by atoms with Crippen molar-refractivity contribution in [3.63, 3.8) is 0 Å². The van der Waals surface area contributed by atoms with Crippen molar-refractivity contribution in [2.75, 3.05) is 25.5 Å². The van der Waals surface area contributed by atoms with Crippen molar-refractivity contribution in [3.8, 4) is 22.4 Å². The Morgan fingerprint density at radius 1 is 1.18 bits per heavy atom. The fourth-order valence-corrected chi connectivity index (χ4v) is 5.11. The van der Waals surface area contributed by atoms with E-state index in [1.807, 2.05) is 29.6 Å². The molecule has 0 atom stereocenters.